The Hall–Kier alpha value is -3.91. The molecule has 2 aromatic carbocycles. The van der Waals surface area contributed by atoms with Crippen LogP contribution in [0, 0.1) is 0 Å². The molecule has 0 radical (unpaired) electrons. The monoisotopic (exact) mass is 440 g/mol. The number of benzene rings is 2. The van der Waals surface area contributed by atoms with Gasteiger partial charge < -0.3 is 9.88 Å². The van der Waals surface area contributed by atoms with Crippen molar-refractivity contribution in [2.45, 2.75) is 16.6 Å². The van der Waals surface area contributed by atoms with Gasteiger partial charge in [0, 0.05) is 41.6 Å². The van der Waals surface area contributed by atoms with Crippen molar-refractivity contribution in [1.82, 2.24) is 24.3 Å². The molecule has 0 aliphatic carbocycles. The molecule has 0 atom stereocenters. The molecule has 3 aromatic heterocycles. The SMILES string of the molecule is Cn1ccnc1Sc1ccc(NC(=O)c2cnc3c(cnn3Cc3ccccc3)c2)cc1. The number of aromatic nitrogens is 5. The van der Waals surface area contributed by atoms with Gasteiger partial charge in [0.15, 0.2) is 10.8 Å². The molecule has 7 nitrogen and oxygen atoms in total. The van der Waals surface area contributed by atoms with Crippen molar-refractivity contribution in [1.29, 1.82) is 0 Å². The van der Waals surface area contributed by atoms with Crippen LogP contribution in [-0.2, 0) is 13.6 Å². The Balaban J connectivity index is 1.28. The van der Waals surface area contributed by atoms with Crippen LogP contribution in [0.3, 0.4) is 0 Å². The number of rotatable bonds is 6. The van der Waals surface area contributed by atoms with Crippen LogP contribution in [0.5, 0.6) is 0 Å². The number of aryl methyl sites for hydroxylation is 1. The predicted octanol–water partition coefficient (Wildman–Crippen LogP) is 4.62. The van der Waals surface area contributed by atoms with E-state index in [4.69, 9.17) is 0 Å². The second-order valence-corrected chi connectivity index (χ2v) is 8.37. The summed E-state index contributed by atoms with van der Waals surface area (Å²) < 4.78 is 3.80. The molecule has 0 aliphatic rings. The fourth-order valence-corrected chi connectivity index (χ4v) is 4.13. The van der Waals surface area contributed by atoms with Gasteiger partial charge in [-0.1, -0.05) is 42.1 Å². The van der Waals surface area contributed by atoms with Crippen molar-refractivity contribution in [3.63, 3.8) is 0 Å². The van der Waals surface area contributed by atoms with E-state index in [0.717, 1.165) is 32.3 Å². The van der Waals surface area contributed by atoms with Gasteiger partial charge in [0.25, 0.3) is 5.91 Å². The van der Waals surface area contributed by atoms with Crippen molar-refractivity contribution in [2.75, 3.05) is 5.32 Å². The second-order valence-electron chi connectivity index (χ2n) is 7.33. The molecule has 0 aliphatic heterocycles. The summed E-state index contributed by atoms with van der Waals surface area (Å²) in [5.74, 6) is -0.209. The summed E-state index contributed by atoms with van der Waals surface area (Å²) in [6, 6.07) is 19.6. The fourth-order valence-electron chi connectivity index (χ4n) is 3.33. The van der Waals surface area contributed by atoms with Crippen molar-refractivity contribution in [3.8, 4) is 0 Å². The number of anilines is 1. The quantitative estimate of drug-likeness (QED) is 0.417. The summed E-state index contributed by atoms with van der Waals surface area (Å²) in [6.07, 6.45) is 7.01. The molecule has 0 bridgehead atoms. The summed E-state index contributed by atoms with van der Waals surface area (Å²) in [7, 11) is 1.96. The maximum absolute atomic E-state index is 12.7. The zero-order valence-electron chi connectivity index (χ0n) is 17.3. The lowest BCUT2D eigenvalue weighted by molar-refractivity contribution is 0.102. The molecule has 0 fully saturated rings. The average Bonchev–Trinajstić information content (AvgIpc) is 3.41. The van der Waals surface area contributed by atoms with E-state index >= 15 is 0 Å². The second kappa shape index (κ2) is 8.68. The van der Waals surface area contributed by atoms with Crippen molar-refractivity contribution >= 4 is 34.4 Å². The van der Waals surface area contributed by atoms with Crippen LogP contribution in [0.4, 0.5) is 5.69 Å². The molecular weight excluding hydrogens is 420 g/mol. The maximum atomic E-state index is 12.7. The third-order valence-corrected chi connectivity index (χ3v) is 6.10. The van der Waals surface area contributed by atoms with Crippen molar-refractivity contribution in [2.24, 2.45) is 7.05 Å². The Morgan fingerprint density at radius 3 is 2.59 bits per heavy atom. The highest BCUT2D eigenvalue weighted by Gasteiger charge is 2.11. The van der Waals surface area contributed by atoms with Crippen molar-refractivity contribution < 1.29 is 4.79 Å². The first-order chi connectivity index (χ1) is 15.7. The minimum atomic E-state index is -0.209. The Kier molecular flexibility index (Phi) is 5.43. The first kappa shape index (κ1) is 20.0. The van der Waals surface area contributed by atoms with Gasteiger partial charge in [-0.25, -0.2) is 14.6 Å². The van der Waals surface area contributed by atoms with Gasteiger partial charge in [-0.05, 0) is 35.9 Å². The van der Waals surface area contributed by atoms with Crippen LogP contribution >= 0.6 is 11.8 Å². The molecule has 32 heavy (non-hydrogen) atoms. The van der Waals surface area contributed by atoms with Crippen LogP contribution in [0.1, 0.15) is 15.9 Å². The normalized spacial score (nSPS) is 11.0. The number of nitrogens with one attached hydrogen (secondary N) is 1. The number of amides is 1. The molecule has 1 amide bonds. The lowest BCUT2D eigenvalue weighted by Crippen LogP contribution is -2.12. The fraction of sp³-hybridized carbons (Fsp3) is 0.0833. The molecule has 3 heterocycles. The number of carbonyl (C=O) groups is 1. The molecule has 0 saturated heterocycles. The van der Waals surface area contributed by atoms with Gasteiger partial charge in [0.05, 0.1) is 18.3 Å². The molecule has 8 heteroatoms. The van der Waals surface area contributed by atoms with E-state index in [9.17, 15) is 4.79 Å². The average molecular weight is 441 g/mol. The predicted molar refractivity (Wildman–Crippen MR) is 125 cm³/mol. The van der Waals surface area contributed by atoms with Crippen LogP contribution in [0.25, 0.3) is 11.0 Å². The van der Waals surface area contributed by atoms with E-state index in [-0.39, 0.29) is 5.91 Å². The molecule has 5 aromatic rings. The zero-order valence-corrected chi connectivity index (χ0v) is 18.2. The largest absolute Gasteiger partial charge is 0.329 e. The van der Waals surface area contributed by atoms with Gasteiger partial charge in [-0.15, -0.1) is 0 Å². The van der Waals surface area contributed by atoms with Crippen molar-refractivity contribution in [3.05, 3.63) is 96.6 Å². The summed E-state index contributed by atoms with van der Waals surface area (Å²) in [4.78, 5) is 22.6. The van der Waals surface area contributed by atoms with Crippen LogP contribution < -0.4 is 5.32 Å². The Morgan fingerprint density at radius 1 is 1.03 bits per heavy atom. The van der Waals surface area contributed by atoms with Gasteiger partial charge in [0.2, 0.25) is 0 Å². The Morgan fingerprint density at radius 2 is 1.84 bits per heavy atom. The summed E-state index contributed by atoms with van der Waals surface area (Å²) >= 11 is 1.57. The summed E-state index contributed by atoms with van der Waals surface area (Å²) in [5, 5.41) is 9.11. The van der Waals surface area contributed by atoms with E-state index in [1.165, 1.54) is 0 Å². The molecule has 5 rings (SSSR count). The number of hydrogen-bond acceptors (Lipinski definition) is 5. The number of nitrogens with zero attached hydrogens (tertiary/aromatic N) is 5. The molecule has 0 unspecified atom stereocenters. The van der Waals surface area contributed by atoms with Crippen LogP contribution in [0.2, 0.25) is 0 Å². The van der Waals surface area contributed by atoms with Gasteiger partial charge in [0.1, 0.15) is 0 Å². The minimum absolute atomic E-state index is 0.209. The first-order valence-corrected chi connectivity index (χ1v) is 10.9. The minimum Gasteiger partial charge on any atom is -0.329 e. The summed E-state index contributed by atoms with van der Waals surface area (Å²) in [6.45, 7) is 0.630. The maximum Gasteiger partial charge on any atom is 0.257 e. The summed E-state index contributed by atoms with van der Waals surface area (Å²) in [5.41, 5.74) is 3.11. The molecule has 158 valence electrons. The first-order valence-electron chi connectivity index (χ1n) is 10.1. The zero-order chi connectivity index (χ0) is 21.9. The standard InChI is InChI=1S/C24H20N6OS/c1-29-12-11-25-24(29)32-21-9-7-20(8-10-21)28-23(31)19-13-18-15-27-30(22(18)26-14-19)16-17-5-3-2-4-6-17/h2-15H,16H2,1H3,(H,28,31). The lowest BCUT2D eigenvalue weighted by Gasteiger charge is -2.07. The topological polar surface area (TPSA) is 77.6 Å². The highest BCUT2D eigenvalue weighted by molar-refractivity contribution is 7.99. The Bertz CT molecular complexity index is 1370. The molecule has 1 N–H and O–H groups in total. The van der Waals surface area contributed by atoms with Gasteiger partial charge >= 0.3 is 0 Å². The smallest absolute Gasteiger partial charge is 0.257 e. The van der Waals surface area contributed by atoms with Crippen LogP contribution in [-0.4, -0.2) is 30.2 Å². The van der Waals surface area contributed by atoms with E-state index in [1.54, 1.807) is 30.4 Å². The number of imidazole rings is 1. The number of fused-ring (bicyclic) bond motifs is 1. The lowest BCUT2D eigenvalue weighted by atomic mass is 10.2. The third kappa shape index (κ3) is 4.26. The highest BCUT2D eigenvalue weighted by Crippen LogP contribution is 2.27. The Labute approximate surface area is 189 Å². The van der Waals surface area contributed by atoms with Gasteiger partial charge in [-0.3, -0.25) is 4.79 Å². The van der Waals surface area contributed by atoms with E-state index in [2.05, 4.69) is 32.5 Å². The highest BCUT2D eigenvalue weighted by atomic mass is 32.2. The number of pyridine rings is 1. The van der Waals surface area contributed by atoms with E-state index in [0.29, 0.717) is 12.1 Å². The number of carbonyl (C=O) groups excluding carboxylic acids is 1. The van der Waals surface area contributed by atoms with E-state index in [1.807, 2.05) is 71.0 Å². The molecule has 0 saturated carbocycles. The van der Waals surface area contributed by atoms with Gasteiger partial charge in [-0.2, -0.15) is 5.10 Å². The molecular formula is C24H20N6OS. The third-order valence-electron chi connectivity index (χ3n) is 5.01. The van der Waals surface area contributed by atoms with E-state index < -0.39 is 0 Å². The number of hydrogen-bond donors (Lipinski definition) is 1. The van der Waals surface area contributed by atoms with Crippen LogP contribution in [0.15, 0.2) is 95.5 Å². The molecule has 0 spiro atoms.